The summed E-state index contributed by atoms with van der Waals surface area (Å²) >= 11 is 3.41. The third-order valence-electron chi connectivity index (χ3n) is 2.98. The molecule has 0 aliphatic heterocycles. The van der Waals surface area contributed by atoms with Gasteiger partial charge in [0, 0.05) is 11.0 Å². The standard InChI is InChI=1S/C15H17BrN2O2S/c1-3-17-12-8-4-5-10-14(12)21(19,20)18-13-9-6-7-11(2)15(13)16/h4-10,17-18H,3H2,1-2H3. The van der Waals surface area contributed by atoms with Crippen LogP contribution in [0.2, 0.25) is 0 Å². The van der Waals surface area contributed by atoms with Crippen LogP contribution in [0.3, 0.4) is 0 Å². The van der Waals surface area contributed by atoms with E-state index >= 15 is 0 Å². The highest BCUT2D eigenvalue weighted by molar-refractivity contribution is 9.10. The highest BCUT2D eigenvalue weighted by atomic mass is 79.9. The molecular formula is C15H17BrN2O2S. The summed E-state index contributed by atoms with van der Waals surface area (Å²) in [6, 6.07) is 12.3. The fourth-order valence-electron chi connectivity index (χ4n) is 1.96. The Balaban J connectivity index is 2.41. The molecule has 4 nitrogen and oxygen atoms in total. The van der Waals surface area contributed by atoms with Gasteiger partial charge in [-0.25, -0.2) is 8.42 Å². The van der Waals surface area contributed by atoms with Crippen molar-refractivity contribution in [3.8, 4) is 0 Å². The molecule has 0 spiro atoms. The highest BCUT2D eigenvalue weighted by Crippen LogP contribution is 2.29. The maximum atomic E-state index is 12.6. The Kier molecular flexibility index (Phi) is 4.90. The molecule has 2 aromatic rings. The second-order valence-corrected chi connectivity index (χ2v) is 7.01. The molecule has 0 atom stereocenters. The average Bonchev–Trinajstić information content (AvgIpc) is 2.44. The van der Waals surface area contributed by atoms with E-state index < -0.39 is 10.0 Å². The molecule has 0 saturated heterocycles. The number of anilines is 2. The van der Waals surface area contributed by atoms with Crippen molar-refractivity contribution in [3.63, 3.8) is 0 Å². The number of aryl methyl sites for hydroxylation is 1. The third kappa shape index (κ3) is 3.57. The van der Waals surface area contributed by atoms with Crippen molar-refractivity contribution in [1.29, 1.82) is 0 Å². The fourth-order valence-corrected chi connectivity index (χ4v) is 3.72. The predicted octanol–water partition coefficient (Wildman–Crippen LogP) is 3.99. The van der Waals surface area contributed by atoms with Gasteiger partial charge in [-0.15, -0.1) is 0 Å². The molecule has 0 amide bonds. The van der Waals surface area contributed by atoms with Gasteiger partial charge in [-0.1, -0.05) is 24.3 Å². The molecule has 21 heavy (non-hydrogen) atoms. The van der Waals surface area contributed by atoms with Crippen LogP contribution in [0.1, 0.15) is 12.5 Å². The summed E-state index contributed by atoms with van der Waals surface area (Å²) in [4.78, 5) is 0.236. The number of benzene rings is 2. The monoisotopic (exact) mass is 368 g/mol. The lowest BCUT2D eigenvalue weighted by Crippen LogP contribution is -2.15. The van der Waals surface area contributed by atoms with Crippen LogP contribution in [0.4, 0.5) is 11.4 Å². The normalized spacial score (nSPS) is 11.2. The van der Waals surface area contributed by atoms with Gasteiger partial charge in [0.1, 0.15) is 4.90 Å². The van der Waals surface area contributed by atoms with Gasteiger partial charge in [-0.2, -0.15) is 0 Å². The van der Waals surface area contributed by atoms with Crippen LogP contribution < -0.4 is 10.0 Å². The molecule has 2 N–H and O–H groups in total. The van der Waals surface area contributed by atoms with Gasteiger partial charge in [-0.3, -0.25) is 4.72 Å². The topological polar surface area (TPSA) is 58.2 Å². The second kappa shape index (κ2) is 6.49. The second-order valence-electron chi connectivity index (χ2n) is 4.57. The van der Waals surface area contributed by atoms with Crippen molar-refractivity contribution in [2.24, 2.45) is 0 Å². The minimum absolute atomic E-state index is 0.236. The first kappa shape index (κ1) is 15.9. The molecule has 0 radical (unpaired) electrons. The van der Waals surface area contributed by atoms with Crippen molar-refractivity contribution >= 4 is 37.3 Å². The summed E-state index contributed by atoms with van der Waals surface area (Å²) in [5, 5.41) is 3.06. The summed E-state index contributed by atoms with van der Waals surface area (Å²) in [5.74, 6) is 0. The number of rotatable bonds is 5. The minimum Gasteiger partial charge on any atom is -0.384 e. The molecule has 2 rings (SSSR count). The van der Waals surface area contributed by atoms with Crippen molar-refractivity contribution in [3.05, 3.63) is 52.5 Å². The smallest absolute Gasteiger partial charge is 0.263 e. The van der Waals surface area contributed by atoms with Gasteiger partial charge < -0.3 is 5.32 Å². The van der Waals surface area contributed by atoms with E-state index in [-0.39, 0.29) is 4.90 Å². The van der Waals surface area contributed by atoms with Crippen LogP contribution >= 0.6 is 15.9 Å². The Hall–Kier alpha value is -1.53. The summed E-state index contributed by atoms with van der Waals surface area (Å²) in [5.41, 5.74) is 2.09. The number of halogens is 1. The van der Waals surface area contributed by atoms with E-state index in [1.165, 1.54) is 0 Å². The maximum Gasteiger partial charge on any atom is 0.263 e. The van der Waals surface area contributed by atoms with Gasteiger partial charge in [-0.05, 0) is 53.5 Å². The Morgan fingerprint density at radius 3 is 2.43 bits per heavy atom. The van der Waals surface area contributed by atoms with E-state index in [9.17, 15) is 8.42 Å². The first-order chi connectivity index (χ1) is 9.95. The zero-order valence-electron chi connectivity index (χ0n) is 11.9. The average molecular weight is 369 g/mol. The lowest BCUT2D eigenvalue weighted by molar-refractivity contribution is 0.601. The summed E-state index contributed by atoms with van der Waals surface area (Å²) in [7, 11) is -3.65. The van der Waals surface area contributed by atoms with Crippen LogP contribution in [-0.2, 0) is 10.0 Å². The van der Waals surface area contributed by atoms with Crippen LogP contribution in [0.25, 0.3) is 0 Å². The molecule has 0 fully saturated rings. The van der Waals surface area contributed by atoms with Crippen LogP contribution in [0.5, 0.6) is 0 Å². The van der Waals surface area contributed by atoms with E-state index in [4.69, 9.17) is 0 Å². The van der Waals surface area contributed by atoms with E-state index in [0.29, 0.717) is 17.9 Å². The van der Waals surface area contributed by atoms with E-state index in [1.54, 1.807) is 30.3 Å². The zero-order chi connectivity index (χ0) is 15.5. The maximum absolute atomic E-state index is 12.6. The lowest BCUT2D eigenvalue weighted by atomic mass is 10.2. The van der Waals surface area contributed by atoms with Gasteiger partial charge in [0.05, 0.1) is 11.4 Å². The quantitative estimate of drug-likeness (QED) is 0.838. The number of hydrogen-bond acceptors (Lipinski definition) is 3. The molecule has 0 bridgehead atoms. The first-order valence-corrected chi connectivity index (χ1v) is 8.84. The Labute approximate surface area is 133 Å². The van der Waals surface area contributed by atoms with Crippen molar-refractivity contribution in [1.82, 2.24) is 0 Å². The van der Waals surface area contributed by atoms with Gasteiger partial charge in [0.25, 0.3) is 10.0 Å². The highest BCUT2D eigenvalue weighted by Gasteiger charge is 2.19. The SMILES string of the molecule is CCNc1ccccc1S(=O)(=O)Nc1cccc(C)c1Br. The number of sulfonamides is 1. The van der Waals surface area contributed by atoms with Crippen LogP contribution in [-0.4, -0.2) is 15.0 Å². The van der Waals surface area contributed by atoms with E-state index in [1.807, 2.05) is 26.0 Å². The summed E-state index contributed by atoms with van der Waals surface area (Å²) in [6.07, 6.45) is 0. The van der Waals surface area contributed by atoms with Gasteiger partial charge in [0.15, 0.2) is 0 Å². The Morgan fingerprint density at radius 2 is 1.71 bits per heavy atom. The van der Waals surface area contributed by atoms with E-state index in [0.717, 1.165) is 10.0 Å². The Morgan fingerprint density at radius 1 is 1.05 bits per heavy atom. The van der Waals surface area contributed by atoms with Gasteiger partial charge >= 0.3 is 0 Å². The molecule has 0 saturated carbocycles. The molecule has 0 heterocycles. The molecule has 0 aliphatic carbocycles. The molecule has 0 unspecified atom stereocenters. The largest absolute Gasteiger partial charge is 0.384 e. The van der Waals surface area contributed by atoms with Gasteiger partial charge in [0.2, 0.25) is 0 Å². The number of para-hydroxylation sites is 1. The molecule has 6 heteroatoms. The molecule has 0 aromatic heterocycles. The van der Waals surface area contributed by atoms with Crippen molar-refractivity contribution < 1.29 is 8.42 Å². The number of nitrogens with one attached hydrogen (secondary N) is 2. The molecule has 112 valence electrons. The predicted molar refractivity (Wildman–Crippen MR) is 90.3 cm³/mol. The van der Waals surface area contributed by atoms with Crippen LogP contribution in [0, 0.1) is 6.92 Å². The zero-order valence-corrected chi connectivity index (χ0v) is 14.3. The summed E-state index contributed by atoms with van der Waals surface area (Å²) < 4.78 is 28.6. The fraction of sp³-hybridized carbons (Fsp3) is 0.200. The molecule has 2 aromatic carbocycles. The third-order valence-corrected chi connectivity index (χ3v) is 5.46. The summed E-state index contributed by atoms with van der Waals surface area (Å²) in [6.45, 7) is 4.49. The first-order valence-electron chi connectivity index (χ1n) is 6.56. The number of hydrogen-bond donors (Lipinski definition) is 2. The lowest BCUT2D eigenvalue weighted by Gasteiger charge is -2.14. The van der Waals surface area contributed by atoms with Crippen LogP contribution in [0.15, 0.2) is 51.8 Å². The van der Waals surface area contributed by atoms with Crippen molar-refractivity contribution in [2.45, 2.75) is 18.7 Å². The Bertz CT molecular complexity index is 745. The minimum atomic E-state index is -3.65. The van der Waals surface area contributed by atoms with Crippen molar-refractivity contribution in [2.75, 3.05) is 16.6 Å². The molecule has 0 aliphatic rings. The van der Waals surface area contributed by atoms with E-state index in [2.05, 4.69) is 26.0 Å². The molecular weight excluding hydrogens is 352 g/mol.